The molecule has 0 unspecified atom stereocenters. The first-order valence-electron chi connectivity index (χ1n) is 11.3. The van der Waals surface area contributed by atoms with E-state index in [-0.39, 0.29) is 5.96 Å². The second kappa shape index (κ2) is 14.4. The number of carbonyl (C=O) groups excluding carboxylic acids is 3. The van der Waals surface area contributed by atoms with Crippen molar-refractivity contribution in [1.29, 1.82) is 0 Å². The zero-order valence-corrected chi connectivity index (χ0v) is 20.7. The highest BCUT2D eigenvalue weighted by molar-refractivity contribution is 5.88. The topological polar surface area (TPSA) is 202 Å². The van der Waals surface area contributed by atoms with E-state index in [1.807, 2.05) is 37.3 Å². The fourth-order valence-electron chi connectivity index (χ4n) is 3.45. The Kier molecular flexibility index (Phi) is 12.1. The van der Waals surface area contributed by atoms with Crippen molar-refractivity contribution in [3.05, 3.63) is 47.7 Å². The van der Waals surface area contributed by atoms with Crippen LogP contribution in [0.3, 0.4) is 0 Å². The number of aliphatic carboxylic acids is 2. The maximum absolute atomic E-state index is 13.4. The van der Waals surface area contributed by atoms with E-state index < -0.39 is 53.9 Å². The number of nitrogens with two attached hydrogens (primary N) is 2. The number of benzene rings is 1. The highest BCUT2D eigenvalue weighted by Gasteiger charge is 2.44. The second-order valence-electron chi connectivity index (χ2n) is 8.07. The molecular formula is C23H30F3N5O7. The molecule has 1 aliphatic rings. The van der Waals surface area contributed by atoms with Crippen LogP contribution >= 0.6 is 0 Å². The maximum atomic E-state index is 13.4. The quantitative estimate of drug-likeness (QED) is 0.162. The number of carbonyl (C=O) groups is 4. The minimum Gasteiger partial charge on any atom is -0.542 e. The van der Waals surface area contributed by atoms with Gasteiger partial charge in [-0.3, -0.25) is 26.0 Å². The van der Waals surface area contributed by atoms with E-state index in [1.54, 1.807) is 4.90 Å². The van der Waals surface area contributed by atoms with Crippen molar-refractivity contribution in [2.45, 2.75) is 51.1 Å². The van der Waals surface area contributed by atoms with Crippen molar-refractivity contribution >= 4 is 29.7 Å². The zero-order valence-electron chi connectivity index (χ0n) is 20.7. The summed E-state index contributed by atoms with van der Waals surface area (Å²) in [5.41, 5.74) is 12.1. The number of nitrogens with one attached hydrogen (secondary N) is 2. The summed E-state index contributed by atoms with van der Waals surface area (Å²) in [6.45, 7) is 4.10. The van der Waals surface area contributed by atoms with Crippen molar-refractivity contribution in [3.8, 4) is 0 Å². The van der Waals surface area contributed by atoms with Crippen molar-refractivity contribution in [3.63, 3.8) is 0 Å². The van der Waals surface area contributed by atoms with Crippen LogP contribution in [0.5, 0.6) is 0 Å². The number of ether oxygens (including phenoxy) is 1. The molecule has 12 nitrogen and oxygen atoms in total. The average molecular weight is 546 g/mol. The lowest BCUT2D eigenvalue weighted by atomic mass is 9.97. The van der Waals surface area contributed by atoms with Crippen LogP contribution in [0.15, 0.2) is 42.2 Å². The molecule has 1 heterocycles. The maximum Gasteiger partial charge on any atom is 0.430 e. The molecule has 0 aliphatic carbocycles. The zero-order chi connectivity index (χ0) is 29.0. The van der Waals surface area contributed by atoms with Gasteiger partial charge in [-0.1, -0.05) is 37.3 Å². The van der Waals surface area contributed by atoms with Crippen molar-refractivity contribution in [2.75, 3.05) is 13.1 Å². The van der Waals surface area contributed by atoms with E-state index in [2.05, 4.69) is 10.3 Å². The number of hydrogen-bond donors (Lipinski definition) is 5. The molecule has 0 saturated carbocycles. The van der Waals surface area contributed by atoms with Crippen molar-refractivity contribution in [2.24, 2.45) is 11.5 Å². The molecule has 210 valence electrons. The summed E-state index contributed by atoms with van der Waals surface area (Å²) in [6.07, 6.45) is -3.90. The van der Waals surface area contributed by atoms with Crippen LogP contribution in [0.25, 0.3) is 0 Å². The number of alkyl halides is 3. The van der Waals surface area contributed by atoms with Crippen LogP contribution in [0, 0.1) is 0 Å². The van der Waals surface area contributed by atoms with Crippen molar-refractivity contribution < 1.29 is 52.3 Å². The van der Waals surface area contributed by atoms with Gasteiger partial charge in [0.15, 0.2) is 0 Å². The summed E-state index contributed by atoms with van der Waals surface area (Å²) in [7, 11) is 0. The molecule has 0 saturated heterocycles. The Labute approximate surface area is 216 Å². The molecule has 15 heteroatoms. The van der Waals surface area contributed by atoms with Crippen LogP contribution in [-0.2, 0) is 30.3 Å². The molecule has 0 spiro atoms. The van der Waals surface area contributed by atoms with E-state index in [0.717, 1.165) is 5.56 Å². The lowest BCUT2D eigenvalue weighted by Gasteiger charge is -2.36. The molecule has 3 atom stereocenters. The van der Waals surface area contributed by atoms with Crippen LogP contribution in [0.1, 0.15) is 25.8 Å². The van der Waals surface area contributed by atoms with Gasteiger partial charge in [-0.25, -0.2) is 4.79 Å². The molecule has 0 bridgehead atoms. The van der Waals surface area contributed by atoms with Crippen LogP contribution in [0.4, 0.5) is 13.2 Å². The summed E-state index contributed by atoms with van der Waals surface area (Å²) in [6, 6.07) is 7.94. The van der Waals surface area contributed by atoms with Gasteiger partial charge in [0.05, 0.1) is 0 Å². The van der Waals surface area contributed by atoms with Gasteiger partial charge in [0.1, 0.15) is 18.1 Å². The molecule has 0 fully saturated rings. The number of amides is 2. The van der Waals surface area contributed by atoms with Gasteiger partial charge in [-0.05, 0) is 18.4 Å². The number of nitrogens with zero attached hydrogens (tertiary/aromatic N) is 1. The third-order valence-corrected chi connectivity index (χ3v) is 5.01. The summed E-state index contributed by atoms with van der Waals surface area (Å²) in [5.74, 6) is -5.78. The van der Waals surface area contributed by atoms with Gasteiger partial charge >= 0.3 is 18.1 Å². The summed E-state index contributed by atoms with van der Waals surface area (Å²) in [4.78, 5) is 49.9. The van der Waals surface area contributed by atoms with Gasteiger partial charge in [-0.15, -0.1) is 0 Å². The third kappa shape index (κ3) is 10.4. The molecular weight excluding hydrogens is 515 g/mol. The average Bonchev–Trinajstić information content (AvgIpc) is 2.82. The van der Waals surface area contributed by atoms with E-state index in [9.17, 15) is 32.7 Å². The highest BCUT2D eigenvalue weighted by atomic mass is 19.4. The third-order valence-electron chi connectivity index (χ3n) is 5.01. The van der Waals surface area contributed by atoms with Crippen LogP contribution < -0.4 is 26.9 Å². The van der Waals surface area contributed by atoms with E-state index in [1.165, 1.54) is 13.0 Å². The first-order chi connectivity index (χ1) is 17.7. The Hall–Kier alpha value is -4.30. The smallest absolute Gasteiger partial charge is 0.430 e. The summed E-state index contributed by atoms with van der Waals surface area (Å²) >= 11 is 0. The summed E-state index contributed by atoms with van der Waals surface area (Å²) in [5, 5.41) is 20.9. The second-order valence-corrected chi connectivity index (χ2v) is 8.07. The Morgan fingerprint density at radius 2 is 1.74 bits per heavy atom. The van der Waals surface area contributed by atoms with E-state index in [0.29, 0.717) is 25.9 Å². The molecule has 2 rings (SSSR count). The molecule has 38 heavy (non-hydrogen) atoms. The fourth-order valence-corrected chi connectivity index (χ4v) is 3.45. The van der Waals surface area contributed by atoms with Gasteiger partial charge < -0.3 is 30.0 Å². The first kappa shape index (κ1) is 31.7. The Morgan fingerprint density at radius 3 is 2.18 bits per heavy atom. The fraction of sp³-hybridized carbons (Fsp3) is 0.435. The Morgan fingerprint density at radius 1 is 1.16 bits per heavy atom. The summed E-state index contributed by atoms with van der Waals surface area (Å²) < 4.78 is 37.1. The number of carboxylic acids is 2. The number of guanidine groups is 1. The molecule has 1 aliphatic heterocycles. The lowest BCUT2D eigenvalue weighted by molar-refractivity contribution is -0.499. The number of carboxylic acid groups (broad SMARTS) is 2. The Bertz CT molecular complexity index is 1040. The predicted octanol–water partition coefficient (Wildman–Crippen LogP) is -2.64. The number of hydrogen-bond acceptors (Lipinski definition) is 6. The lowest BCUT2D eigenvalue weighted by Crippen LogP contribution is -2.89. The minimum absolute atomic E-state index is 0.177. The molecule has 7 N–H and O–H groups in total. The van der Waals surface area contributed by atoms with Gasteiger partial charge in [0.2, 0.25) is 17.8 Å². The van der Waals surface area contributed by atoms with Gasteiger partial charge in [0.25, 0.3) is 5.91 Å². The molecule has 0 aromatic heterocycles. The van der Waals surface area contributed by atoms with Crippen molar-refractivity contribution in [1.82, 2.24) is 10.2 Å². The molecule has 0 radical (unpaired) electrons. The minimum atomic E-state index is -5.19. The van der Waals surface area contributed by atoms with Gasteiger partial charge in [0, 0.05) is 26.1 Å². The molecule has 1 aromatic rings. The predicted molar refractivity (Wildman–Crippen MR) is 124 cm³/mol. The van der Waals surface area contributed by atoms with Crippen LogP contribution in [0.2, 0.25) is 0 Å². The molecule has 2 amide bonds. The van der Waals surface area contributed by atoms with E-state index in [4.69, 9.17) is 26.1 Å². The molecule has 1 aromatic carbocycles. The first-order valence-corrected chi connectivity index (χ1v) is 11.3. The van der Waals surface area contributed by atoms with Crippen LogP contribution in [-0.4, -0.2) is 77.2 Å². The highest BCUT2D eigenvalue weighted by Crippen LogP contribution is 2.20. The standard InChI is InChI=1S/C21H29N5O5.C2HF3O2/c1-3-10-26(11-9-14-7-5-4-6-8-14)19(28)18-17(24-13(2)27)15(25-21(22)23)12-16(31-18)20(29)30;3-2(4,5)1(6)7/h4-8,12,15,17-18H,3,9-11H2,1-2H3,(H,24,27)(H,29,30)(H4,22,23,25);(H,6,7)/t15-,17+,18+;/m0./s1. The normalized spacial score (nSPS) is 18.4. The van der Waals surface area contributed by atoms with E-state index >= 15 is 0 Å². The monoisotopic (exact) mass is 545 g/mol. The SMILES string of the molecule is CCCN(CCc1ccccc1)C(=O)[C@@H]1OC(C(=O)O)=C[C@H]([NH+]=C(N)N)[C@H]1NC(C)=O.O=C([O-])C(F)(F)F. The number of halogens is 3. The largest absolute Gasteiger partial charge is 0.542 e. The number of rotatable bonds is 9. The Balaban J connectivity index is 0.000000905. The van der Waals surface area contributed by atoms with Gasteiger partial charge in [-0.2, -0.15) is 13.2 Å².